The van der Waals surface area contributed by atoms with Crippen LogP contribution >= 0.6 is 0 Å². The zero-order valence-electron chi connectivity index (χ0n) is 10.4. The molecule has 0 spiro atoms. The molecule has 17 heavy (non-hydrogen) atoms. The zero-order valence-corrected chi connectivity index (χ0v) is 10.4. The van der Waals surface area contributed by atoms with Crippen LogP contribution in [-0.4, -0.2) is 48.3 Å². The van der Waals surface area contributed by atoms with Crippen LogP contribution in [-0.2, 0) is 9.53 Å². The number of hydrogen-bond acceptors (Lipinski definition) is 3. The molecule has 0 bridgehead atoms. The standard InChI is InChI=1S/C13H23NO3/c15-13(16)12(14-7-1-2-8-14)4-3-11-5-9-17-10-6-11/h11-12H,1-10H2,(H,15,16). The quantitative estimate of drug-likeness (QED) is 0.796. The van der Waals surface area contributed by atoms with Gasteiger partial charge in [0.2, 0.25) is 0 Å². The van der Waals surface area contributed by atoms with Crippen molar-refractivity contribution in [3.8, 4) is 0 Å². The van der Waals surface area contributed by atoms with Crippen LogP contribution in [0.5, 0.6) is 0 Å². The fourth-order valence-electron chi connectivity index (χ4n) is 2.94. The van der Waals surface area contributed by atoms with Crippen molar-refractivity contribution in [1.82, 2.24) is 4.90 Å². The Morgan fingerprint density at radius 3 is 2.53 bits per heavy atom. The van der Waals surface area contributed by atoms with Crippen LogP contribution in [0.4, 0.5) is 0 Å². The Morgan fingerprint density at radius 2 is 1.94 bits per heavy atom. The van der Waals surface area contributed by atoms with Gasteiger partial charge < -0.3 is 9.84 Å². The molecule has 98 valence electrons. The Balaban J connectivity index is 1.78. The molecule has 1 atom stereocenters. The van der Waals surface area contributed by atoms with Crippen LogP contribution in [0.1, 0.15) is 38.5 Å². The fraction of sp³-hybridized carbons (Fsp3) is 0.923. The van der Waals surface area contributed by atoms with E-state index in [0.717, 1.165) is 64.8 Å². The minimum Gasteiger partial charge on any atom is -0.480 e. The lowest BCUT2D eigenvalue weighted by molar-refractivity contribution is -0.143. The predicted octanol–water partition coefficient (Wildman–Crippen LogP) is 1.74. The van der Waals surface area contributed by atoms with Gasteiger partial charge in [0.1, 0.15) is 6.04 Å². The Hall–Kier alpha value is -0.610. The van der Waals surface area contributed by atoms with Crippen LogP contribution in [0, 0.1) is 5.92 Å². The van der Waals surface area contributed by atoms with E-state index in [2.05, 4.69) is 4.90 Å². The number of hydrogen-bond donors (Lipinski definition) is 1. The van der Waals surface area contributed by atoms with Crippen LogP contribution in [0.15, 0.2) is 0 Å². The third-order valence-electron chi connectivity index (χ3n) is 4.06. The van der Waals surface area contributed by atoms with E-state index in [1.807, 2.05) is 0 Å². The summed E-state index contributed by atoms with van der Waals surface area (Å²) in [5, 5.41) is 9.30. The number of ether oxygens (including phenoxy) is 1. The smallest absolute Gasteiger partial charge is 0.320 e. The molecule has 4 nitrogen and oxygen atoms in total. The van der Waals surface area contributed by atoms with Gasteiger partial charge in [0, 0.05) is 13.2 Å². The van der Waals surface area contributed by atoms with E-state index in [9.17, 15) is 9.90 Å². The lowest BCUT2D eigenvalue weighted by Gasteiger charge is -2.27. The Kier molecular flexibility index (Phi) is 4.80. The summed E-state index contributed by atoms with van der Waals surface area (Å²) in [6.45, 7) is 3.63. The van der Waals surface area contributed by atoms with Gasteiger partial charge in [-0.3, -0.25) is 9.69 Å². The van der Waals surface area contributed by atoms with E-state index in [-0.39, 0.29) is 6.04 Å². The van der Waals surface area contributed by atoms with Crippen LogP contribution in [0.25, 0.3) is 0 Å². The van der Waals surface area contributed by atoms with Crippen LogP contribution < -0.4 is 0 Å². The summed E-state index contributed by atoms with van der Waals surface area (Å²) in [6, 6.07) is -0.250. The molecule has 2 rings (SSSR count). The monoisotopic (exact) mass is 241 g/mol. The zero-order chi connectivity index (χ0) is 12.1. The molecule has 2 heterocycles. The van der Waals surface area contributed by atoms with E-state index < -0.39 is 5.97 Å². The van der Waals surface area contributed by atoms with Gasteiger partial charge in [-0.25, -0.2) is 0 Å². The molecule has 2 aliphatic rings. The van der Waals surface area contributed by atoms with E-state index in [4.69, 9.17) is 4.74 Å². The summed E-state index contributed by atoms with van der Waals surface area (Å²) in [5.41, 5.74) is 0. The predicted molar refractivity (Wildman–Crippen MR) is 65.0 cm³/mol. The second-order valence-electron chi connectivity index (χ2n) is 5.23. The fourth-order valence-corrected chi connectivity index (χ4v) is 2.94. The summed E-state index contributed by atoms with van der Waals surface area (Å²) < 4.78 is 5.33. The highest BCUT2D eigenvalue weighted by Gasteiger charge is 2.28. The first-order valence-electron chi connectivity index (χ1n) is 6.82. The largest absolute Gasteiger partial charge is 0.480 e. The molecule has 0 aromatic heterocycles. The van der Waals surface area contributed by atoms with Crippen molar-refractivity contribution >= 4 is 5.97 Å². The van der Waals surface area contributed by atoms with Crippen molar-refractivity contribution in [3.05, 3.63) is 0 Å². The van der Waals surface area contributed by atoms with Crippen molar-refractivity contribution in [1.29, 1.82) is 0 Å². The van der Waals surface area contributed by atoms with E-state index >= 15 is 0 Å². The topological polar surface area (TPSA) is 49.8 Å². The molecule has 0 radical (unpaired) electrons. The molecule has 0 aromatic carbocycles. The molecule has 0 aliphatic carbocycles. The number of carboxylic acid groups (broad SMARTS) is 1. The third kappa shape index (κ3) is 3.68. The molecule has 0 saturated carbocycles. The number of aliphatic carboxylic acids is 1. The van der Waals surface area contributed by atoms with Gasteiger partial charge in [0.15, 0.2) is 0 Å². The summed E-state index contributed by atoms with van der Waals surface area (Å²) in [7, 11) is 0. The minimum absolute atomic E-state index is 0.250. The maximum atomic E-state index is 11.3. The first kappa shape index (κ1) is 12.8. The molecular formula is C13H23NO3. The number of likely N-dealkylation sites (tertiary alicyclic amines) is 1. The van der Waals surface area contributed by atoms with Crippen molar-refractivity contribution < 1.29 is 14.6 Å². The number of rotatable bonds is 5. The average Bonchev–Trinajstić information content (AvgIpc) is 2.84. The van der Waals surface area contributed by atoms with E-state index in [0.29, 0.717) is 5.92 Å². The first-order chi connectivity index (χ1) is 8.27. The molecule has 0 amide bonds. The van der Waals surface area contributed by atoms with Gasteiger partial charge in [-0.1, -0.05) is 0 Å². The highest BCUT2D eigenvalue weighted by atomic mass is 16.5. The minimum atomic E-state index is -0.640. The molecule has 1 N–H and O–H groups in total. The molecular weight excluding hydrogens is 218 g/mol. The van der Waals surface area contributed by atoms with Gasteiger partial charge >= 0.3 is 5.97 Å². The Labute approximate surface area is 103 Å². The van der Waals surface area contributed by atoms with Gasteiger partial charge in [-0.15, -0.1) is 0 Å². The van der Waals surface area contributed by atoms with Crippen LogP contribution in [0.3, 0.4) is 0 Å². The van der Waals surface area contributed by atoms with Crippen molar-refractivity contribution in [2.75, 3.05) is 26.3 Å². The lowest BCUT2D eigenvalue weighted by Crippen LogP contribution is -2.39. The van der Waals surface area contributed by atoms with E-state index in [1.54, 1.807) is 0 Å². The molecule has 2 aliphatic heterocycles. The average molecular weight is 241 g/mol. The normalized spacial score (nSPS) is 24.9. The summed E-state index contributed by atoms with van der Waals surface area (Å²) in [4.78, 5) is 13.4. The maximum absolute atomic E-state index is 11.3. The van der Waals surface area contributed by atoms with Crippen molar-refractivity contribution in [2.24, 2.45) is 5.92 Å². The molecule has 4 heteroatoms. The molecule has 0 aromatic rings. The van der Waals surface area contributed by atoms with Crippen molar-refractivity contribution in [2.45, 2.75) is 44.6 Å². The lowest BCUT2D eigenvalue weighted by atomic mass is 9.92. The Bertz CT molecular complexity index is 245. The Morgan fingerprint density at radius 1 is 1.29 bits per heavy atom. The summed E-state index contributed by atoms with van der Waals surface area (Å²) in [6.07, 6.45) is 6.36. The molecule has 2 saturated heterocycles. The third-order valence-corrected chi connectivity index (χ3v) is 4.06. The van der Waals surface area contributed by atoms with Crippen molar-refractivity contribution in [3.63, 3.8) is 0 Å². The van der Waals surface area contributed by atoms with Gasteiger partial charge in [-0.05, 0) is 57.5 Å². The number of carboxylic acids is 1. The van der Waals surface area contributed by atoms with Gasteiger partial charge in [0.25, 0.3) is 0 Å². The SMILES string of the molecule is O=C(O)C(CCC1CCOCC1)N1CCCC1. The summed E-state index contributed by atoms with van der Waals surface area (Å²) in [5.74, 6) is 0.0344. The highest BCUT2D eigenvalue weighted by Crippen LogP contribution is 2.23. The highest BCUT2D eigenvalue weighted by molar-refractivity contribution is 5.73. The summed E-state index contributed by atoms with van der Waals surface area (Å²) >= 11 is 0. The van der Waals surface area contributed by atoms with Crippen LogP contribution in [0.2, 0.25) is 0 Å². The second-order valence-corrected chi connectivity index (χ2v) is 5.23. The molecule has 1 unspecified atom stereocenters. The maximum Gasteiger partial charge on any atom is 0.320 e. The van der Waals surface area contributed by atoms with E-state index in [1.165, 1.54) is 0 Å². The second kappa shape index (κ2) is 6.36. The van der Waals surface area contributed by atoms with Gasteiger partial charge in [-0.2, -0.15) is 0 Å². The molecule has 2 fully saturated rings. The first-order valence-corrected chi connectivity index (χ1v) is 6.82. The van der Waals surface area contributed by atoms with Gasteiger partial charge in [0.05, 0.1) is 0 Å². The number of nitrogens with zero attached hydrogens (tertiary/aromatic N) is 1. The number of carbonyl (C=O) groups is 1.